The highest BCUT2D eigenvalue weighted by atomic mass is 32.2. The second-order valence-electron chi connectivity index (χ2n) is 4.77. The molecule has 5 N–H and O–H groups in total. The first-order valence-corrected chi connectivity index (χ1v) is 6.73. The van der Waals surface area contributed by atoms with Crippen LogP contribution in [-0.4, -0.2) is 27.8 Å². The molecule has 6 heteroatoms. The summed E-state index contributed by atoms with van der Waals surface area (Å²) in [5, 5.41) is 8.92. The van der Waals surface area contributed by atoms with Gasteiger partial charge in [-0.05, 0) is 31.5 Å². The minimum atomic E-state index is -1.01. The summed E-state index contributed by atoms with van der Waals surface area (Å²) in [7, 11) is 0. The van der Waals surface area contributed by atoms with Gasteiger partial charge in [0.15, 0.2) is 0 Å². The van der Waals surface area contributed by atoms with Crippen molar-refractivity contribution < 1.29 is 14.7 Å². The molecule has 0 saturated carbocycles. The Morgan fingerprint density at radius 1 is 1.32 bits per heavy atom. The number of hydrogen-bond acceptors (Lipinski definition) is 4. The molecule has 1 amide bonds. The average molecular weight is 282 g/mol. The summed E-state index contributed by atoms with van der Waals surface area (Å²) in [6, 6.07) is 5.98. The fraction of sp³-hybridized carbons (Fsp3) is 0.385. The number of hydrogen-bond donors (Lipinski definition) is 3. The van der Waals surface area contributed by atoms with Crippen molar-refractivity contribution in [2.45, 2.75) is 30.4 Å². The molecule has 1 aromatic carbocycles. The first-order valence-electron chi connectivity index (χ1n) is 5.75. The summed E-state index contributed by atoms with van der Waals surface area (Å²) in [5.41, 5.74) is 12.2. The Kier molecular flexibility index (Phi) is 4.97. The van der Waals surface area contributed by atoms with E-state index in [9.17, 15) is 9.59 Å². The largest absolute Gasteiger partial charge is 0.480 e. The van der Waals surface area contributed by atoms with E-state index in [-0.39, 0.29) is 0 Å². The van der Waals surface area contributed by atoms with Gasteiger partial charge < -0.3 is 16.6 Å². The zero-order chi connectivity index (χ0) is 14.6. The summed E-state index contributed by atoms with van der Waals surface area (Å²) < 4.78 is -0.575. The molecule has 1 rings (SSSR count). The van der Waals surface area contributed by atoms with Crippen LogP contribution in [0.4, 0.5) is 0 Å². The minimum Gasteiger partial charge on any atom is -0.480 e. The van der Waals surface area contributed by atoms with Crippen LogP contribution in [0.5, 0.6) is 0 Å². The lowest BCUT2D eigenvalue weighted by Crippen LogP contribution is -2.46. The van der Waals surface area contributed by atoms with E-state index in [2.05, 4.69) is 0 Å². The minimum absolute atomic E-state index is 0.454. The molecule has 1 atom stereocenters. The van der Waals surface area contributed by atoms with Crippen LogP contribution in [0, 0.1) is 0 Å². The molecule has 0 heterocycles. The second kappa shape index (κ2) is 6.08. The second-order valence-corrected chi connectivity index (χ2v) is 6.40. The number of carboxylic acids is 1. The van der Waals surface area contributed by atoms with Gasteiger partial charge in [0.1, 0.15) is 6.04 Å². The Balaban J connectivity index is 2.66. The Bertz CT molecular complexity index is 471. The van der Waals surface area contributed by atoms with Gasteiger partial charge in [0, 0.05) is 16.1 Å². The van der Waals surface area contributed by atoms with Crippen LogP contribution in [0.15, 0.2) is 24.3 Å². The van der Waals surface area contributed by atoms with E-state index in [1.54, 1.807) is 38.1 Å². The molecule has 0 aromatic heterocycles. The highest BCUT2D eigenvalue weighted by Gasteiger charge is 2.32. The van der Waals surface area contributed by atoms with Crippen molar-refractivity contribution in [2.24, 2.45) is 11.5 Å². The van der Waals surface area contributed by atoms with Gasteiger partial charge in [0.2, 0.25) is 5.91 Å². The Morgan fingerprint density at radius 2 is 1.84 bits per heavy atom. The zero-order valence-corrected chi connectivity index (χ0v) is 11.7. The average Bonchev–Trinajstić information content (AvgIpc) is 2.35. The molecule has 0 aliphatic rings. The number of thioether (sulfide) groups is 1. The number of nitrogens with two attached hydrogens (primary N) is 2. The summed E-state index contributed by atoms with van der Waals surface area (Å²) in [4.78, 5) is 21.8. The molecule has 0 unspecified atom stereocenters. The lowest BCUT2D eigenvalue weighted by Gasteiger charge is -2.28. The number of primary amides is 1. The lowest BCUT2D eigenvalue weighted by molar-refractivity contribution is -0.139. The lowest BCUT2D eigenvalue weighted by atomic mass is 10.1. The molecule has 104 valence electrons. The molecule has 5 nitrogen and oxygen atoms in total. The molecule has 0 saturated heterocycles. The summed E-state index contributed by atoms with van der Waals surface area (Å²) in [5.74, 6) is -0.860. The van der Waals surface area contributed by atoms with Crippen LogP contribution < -0.4 is 11.5 Å². The van der Waals surface area contributed by atoms with Crippen molar-refractivity contribution in [3.63, 3.8) is 0 Å². The number of aliphatic carboxylic acids is 1. The number of amides is 1. The number of benzene rings is 1. The van der Waals surface area contributed by atoms with E-state index in [0.29, 0.717) is 11.3 Å². The number of carbonyl (C=O) groups excluding carboxylic acids is 1. The normalized spacial score (nSPS) is 13.0. The SMILES string of the molecule is CC(C)(SCc1ccc(C(N)=O)cc1)[C@@H](N)C(=O)O. The van der Waals surface area contributed by atoms with Crippen LogP contribution in [0.3, 0.4) is 0 Å². The number of carbonyl (C=O) groups is 2. The molecule has 1 aromatic rings. The van der Waals surface area contributed by atoms with Gasteiger partial charge in [-0.15, -0.1) is 11.8 Å². The molecule has 0 aliphatic carbocycles. The van der Waals surface area contributed by atoms with E-state index in [4.69, 9.17) is 16.6 Å². The predicted octanol–water partition coefficient (Wildman–Crippen LogP) is 1.21. The first-order chi connectivity index (χ1) is 8.74. The van der Waals surface area contributed by atoms with Crippen molar-refractivity contribution in [1.82, 2.24) is 0 Å². The van der Waals surface area contributed by atoms with Crippen LogP contribution in [0.25, 0.3) is 0 Å². The topological polar surface area (TPSA) is 106 Å². The first kappa shape index (κ1) is 15.5. The van der Waals surface area contributed by atoms with E-state index in [0.717, 1.165) is 5.56 Å². The molecule has 19 heavy (non-hydrogen) atoms. The Hall–Kier alpha value is -1.53. The van der Waals surface area contributed by atoms with Gasteiger partial charge in [-0.2, -0.15) is 0 Å². The zero-order valence-electron chi connectivity index (χ0n) is 10.9. The maximum Gasteiger partial charge on any atom is 0.321 e. The molecule has 0 aliphatic heterocycles. The molecule has 0 radical (unpaired) electrons. The van der Waals surface area contributed by atoms with Crippen molar-refractivity contribution in [2.75, 3.05) is 0 Å². The summed E-state index contributed by atoms with van der Waals surface area (Å²) in [6.45, 7) is 3.60. The summed E-state index contributed by atoms with van der Waals surface area (Å²) in [6.07, 6.45) is 0. The molecule has 0 bridgehead atoms. The van der Waals surface area contributed by atoms with Crippen molar-refractivity contribution in [1.29, 1.82) is 0 Å². The van der Waals surface area contributed by atoms with Crippen LogP contribution >= 0.6 is 11.8 Å². The van der Waals surface area contributed by atoms with Crippen LogP contribution in [0.2, 0.25) is 0 Å². The van der Waals surface area contributed by atoms with E-state index >= 15 is 0 Å². The Labute approximate surface area is 116 Å². The van der Waals surface area contributed by atoms with Crippen molar-refractivity contribution >= 4 is 23.6 Å². The highest BCUT2D eigenvalue weighted by molar-refractivity contribution is 7.99. The fourth-order valence-electron chi connectivity index (χ4n) is 1.42. The monoisotopic (exact) mass is 282 g/mol. The fourth-order valence-corrected chi connectivity index (χ4v) is 2.43. The Morgan fingerprint density at radius 3 is 2.26 bits per heavy atom. The van der Waals surface area contributed by atoms with Crippen molar-refractivity contribution in [3.8, 4) is 0 Å². The van der Waals surface area contributed by atoms with E-state index in [1.165, 1.54) is 11.8 Å². The van der Waals surface area contributed by atoms with Gasteiger partial charge in [0.25, 0.3) is 0 Å². The third kappa shape index (κ3) is 4.25. The number of carboxylic acid groups (broad SMARTS) is 1. The highest BCUT2D eigenvalue weighted by Crippen LogP contribution is 2.30. The quantitative estimate of drug-likeness (QED) is 0.727. The number of rotatable bonds is 6. The molecule has 0 spiro atoms. The van der Waals surface area contributed by atoms with Gasteiger partial charge in [-0.25, -0.2) is 0 Å². The smallest absolute Gasteiger partial charge is 0.321 e. The maximum atomic E-state index is 10.9. The molecule has 0 fully saturated rings. The van der Waals surface area contributed by atoms with E-state index in [1.807, 2.05) is 0 Å². The van der Waals surface area contributed by atoms with Gasteiger partial charge in [-0.1, -0.05) is 12.1 Å². The van der Waals surface area contributed by atoms with Crippen LogP contribution in [-0.2, 0) is 10.5 Å². The molecular formula is C13H18N2O3S. The predicted molar refractivity (Wildman–Crippen MR) is 75.9 cm³/mol. The van der Waals surface area contributed by atoms with Crippen molar-refractivity contribution in [3.05, 3.63) is 35.4 Å². The van der Waals surface area contributed by atoms with Gasteiger partial charge in [-0.3, -0.25) is 9.59 Å². The maximum absolute atomic E-state index is 10.9. The summed E-state index contributed by atoms with van der Waals surface area (Å²) >= 11 is 1.46. The van der Waals surface area contributed by atoms with Gasteiger partial charge in [0.05, 0.1) is 0 Å². The standard InChI is InChI=1S/C13H18N2O3S/c1-13(2,10(14)12(17)18)19-7-8-3-5-9(6-4-8)11(15)16/h3-6,10H,7,14H2,1-2H3,(H2,15,16)(H,17,18)/t10-/m0/s1. The molecular weight excluding hydrogens is 264 g/mol. The third-order valence-corrected chi connectivity index (χ3v) is 4.34. The van der Waals surface area contributed by atoms with E-state index < -0.39 is 22.7 Å². The van der Waals surface area contributed by atoms with Gasteiger partial charge >= 0.3 is 5.97 Å². The third-order valence-electron chi connectivity index (χ3n) is 2.86. The van der Waals surface area contributed by atoms with Crippen LogP contribution in [0.1, 0.15) is 29.8 Å².